The highest BCUT2D eigenvalue weighted by Gasteiger charge is 2.25. The maximum Gasteiger partial charge on any atom is 0.336 e. The minimum absolute atomic E-state index is 0.212. The zero-order valence-corrected chi connectivity index (χ0v) is 9.65. The summed E-state index contributed by atoms with van der Waals surface area (Å²) in [5.74, 6) is -0.718. The molecule has 0 heterocycles. The monoisotopic (exact) mass is 243 g/mol. The number of aliphatic hydroxyl groups excluding tert-OH is 1. The highest BCUT2D eigenvalue weighted by atomic mass is 35.5. The highest BCUT2D eigenvalue weighted by Crippen LogP contribution is 2.18. The van der Waals surface area contributed by atoms with Gasteiger partial charge in [-0.25, -0.2) is 4.79 Å². The molecule has 0 aliphatic rings. The summed E-state index contributed by atoms with van der Waals surface area (Å²) in [5, 5.41) is 10.2. The molecular formula is C11H14ClNO3. The van der Waals surface area contributed by atoms with E-state index in [0.29, 0.717) is 10.6 Å². The lowest BCUT2D eigenvalue weighted by Crippen LogP contribution is -2.34. The first-order valence-electron chi connectivity index (χ1n) is 4.92. The van der Waals surface area contributed by atoms with Gasteiger partial charge < -0.3 is 15.6 Å². The van der Waals surface area contributed by atoms with Gasteiger partial charge in [-0.3, -0.25) is 0 Å². The second-order valence-corrected chi connectivity index (χ2v) is 3.71. The van der Waals surface area contributed by atoms with E-state index in [-0.39, 0.29) is 6.61 Å². The van der Waals surface area contributed by atoms with Crippen molar-refractivity contribution in [3.8, 4) is 0 Å². The van der Waals surface area contributed by atoms with Crippen LogP contribution in [0.15, 0.2) is 24.3 Å². The summed E-state index contributed by atoms with van der Waals surface area (Å²) in [6.07, 6.45) is -1.36. The first kappa shape index (κ1) is 13.0. The normalized spacial score (nSPS) is 14.2. The molecule has 2 atom stereocenters. The lowest BCUT2D eigenvalue weighted by atomic mass is 10.0. The van der Waals surface area contributed by atoms with Gasteiger partial charge >= 0.3 is 5.97 Å². The van der Waals surface area contributed by atoms with Crippen molar-refractivity contribution in [1.29, 1.82) is 0 Å². The fraction of sp³-hybridized carbons (Fsp3) is 0.364. The van der Waals surface area contributed by atoms with Crippen molar-refractivity contribution in [2.45, 2.75) is 19.1 Å². The van der Waals surface area contributed by atoms with Crippen LogP contribution in [0.3, 0.4) is 0 Å². The first-order chi connectivity index (χ1) is 7.56. The number of carbonyl (C=O) groups excluding carboxylic acids is 1. The zero-order valence-electron chi connectivity index (χ0n) is 8.89. The summed E-state index contributed by atoms with van der Waals surface area (Å²) in [6.45, 7) is 1.88. The zero-order chi connectivity index (χ0) is 12.1. The quantitative estimate of drug-likeness (QED) is 0.781. The van der Waals surface area contributed by atoms with E-state index in [1.54, 1.807) is 31.2 Å². The molecule has 5 heteroatoms. The van der Waals surface area contributed by atoms with Gasteiger partial charge in [0.05, 0.1) is 12.6 Å². The van der Waals surface area contributed by atoms with Gasteiger partial charge in [-0.2, -0.15) is 0 Å². The van der Waals surface area contributed by atoms with Crippen molar-refractivity contribution in [3.05, 3.63) is 34.9 Å². The van der Waals surface area contributed by atoms with Gasteiger partial charge in [-0.15, -0.1) is 0 Å². The molecule has 1 aromatic carbocycles. The van der Waals surface area contributed by atoms with Crippen LogP contribution in [-0.2, 0) is 9.53 Å². The van der Waals surface area contributed by atoms with Crippen LogP contribution in [0.25, 0.3) is 0 Å². The summed E-state index contributed by atoms with van der Waals surface area (Å²) >= 11 is 5.71. The SMILES string of the molecule is CCOC(=O)[C@H](O)[C@@H](N)c1ccc(Cl)cc1. The van der Waals surface area contributed by atoms with Crippen LogP contribution in [0, 0.1) is 0 Å². The Bertz CT molecular complexity index is 353. The van der Waals surface area contributed by atoms with Gasteiger partial charge in [0.25, 0.3) is 0 Å². The number of ether oxygens (including phenoxy) is 1. The molecule has 0 fully saturated rings. The summed E-state index contributed by atoms with van der Waals surface area (Å²) in [6, 6.07) is 5.81. The molecule has 0 amide bonds. The molecule has 0 spiro atoms. The Morgan fingerprint density at radius 1 is 1.50 bits per heavy atom. The molecule has 1 aromatic rings. The van der Waals surface area contributed by atoms with Crippen LogP contribution >= 0.6 is 11.6 Å². The minimum Gasteiger partial charge on any atom is -0.464 e. The maximum atomic E-state index is 11.2. The Hall–Kier alpha value is -1.10. The predicted octanol–water partition coefficient (Wildman–Crippen LogP) is 1.26. The van der Waals surface area contributed by atoms with Crippen molar-refractivity contribution in [3.63, 3.8) is 0 Å². The van der Waals surface area contributed by atoms with Gasteiger partial charge in [-0.1, -0.05) is 23.7 Å². The summed E-state index contributed by atoms with van der Waals surface area (Å²) in [5.41, 5.74) is 6.36. The molecule has 0 aliphatic carbocycles. The smallest absolute Gasteiger partial charge is 0.336 e. The second-order valence-electron chi connectivity index (χ2n) is 3.27. The summed E-state index contributed by atoms with van der Waals surface area (Å²) < 4.78 is 4.68. The topological polar surface area (TPSA) is 72.5 Å². The number of aliphatic hydroxyl groups is 1. The van der Waals surface area contributed by atoms with Crippen molar-refractivity contribution in [1.82, 2.24) is 0 Å². The molecule has 1 rings (SSSR count). The van der Waals surface area contributed by atoms with E-state index in [1.165, 1.54) is 0 Å². The van der Waals surface area contributed by atoms with Crippen molar-refractivity contribution in [2.75, 3.05) is 6.61 Å². The van der Waals surface area contributed by atoms with Gasteiger partial charge in [-0.05, 0) is 24.6 Å². The molecule has 0 unspecified atom stereocenters. The van der Waals surface area contributed by atoms with Gasteiger partial charge in [0.1, 0.15) is 0 Å². The summed E-state index contributed by atoms with van der Waals surface area (Å²) in [4.78, 5) is 11.2. The minimum atomic E-state index is -1.36. The fourth-order valence-electron chi connectivity index (χ4n) is 1.24. The number of halogens is 1. The fourth-order valence-corrected chi connectivity index (χ4v) is 1.37. The lowest BCUT2D eigenvalue weighted by molar-refractivity contribution is -0.154. The van der Waals surface area contributed by atoms with E-state index in [4.69, 9.17) is 17.3 Å². The van der Waals surface area contributed by atoms with Crippen LogP contribution < -0.4 is 5.73 Å². The molecule has 3 N–H and O–H groups in total. The van der Waals surface area contributed by atoms with E-state index < -0.39 is 18.1 Å². The average molecular weight is 244 g/mol. The Labute approximate surface area is 99.0 Å². The third-order valence-electron chi connectivity index (χ3n) is 2.12. The number of hydrogen-bond donors (Lipinski definition) is 2. The molecule has 0 radical (unpaired) electrons. The molecule has 88 valence electrons. The van der Waals surface area contributed by atoms with Crippen LogP contribution in [0.1, 0.15) is 18.5 Å². The van der Waals surface area contributed by atoms with Crippen molar-refractivity contribution in [2.24, 2.45) is 5.73 Å². The van der Waals surface area contributed by atoms with E-state index in [2.05, 4.69) is 4.74 Å². The third kappa shape index (κ3) is 3.20. The number of hydrogen-bond acceptors (Lipinski definition) is 4. The van der Waals surface area contributed by atoms with E-state index >= 15 is 0 Å². The van der Waals surface area contributed by atoms with Crippen LogP contribution in [0.2, 0.25) is 5.02 Å². The molecule has 0 aliphatic heterocycles. The highest BCUT2D eigenvalue weighted by molar-refractivity contribution is 6.30. The molecule has 0 saturated heterocycles. The second kappa shape index (κ2) is 5.84. The van der Waals surface area contributed by atoms with Crippen LogP contribution in [-0.4, -0.2) is 23.8 Å². The summed E-state index contributed by atoms with van der Waals surface area (Å²) in [7, 11) is 0. The number of esters is 1. The van der Waals surface area contributed by atoms with Crippen molar-refractivity contribution < 1.29 is 14.6 Å². The van der Waals surface area contributed by atoms with E-state index in [1.807, 2.05) is 0 Å². The Morgan fingerprint density at radius 2 is 2.06 bits per heavy atom. The average Bonchev–Trinajstić information content (AvgIpc) is 2.28. The van der Waals surface area contributed by atoms with Crippen LogP contribution in [0.5, 0.6) is 0 Å². The van der Waals surface area contributed by atoms with Gasteiger partial charge in [0, 0.05) is 5.02 Å². The number of carbonyl (C=O) groups is 1. The molecule has 0 aromatic heterocycles. The lowest BCUT2D eigenvalue weighted by Gasteiger charge is -2.17. The Balaban J connectivity index is 2.73. The molecule has 4 nitrogen and oxygen atoms in total. The first-order valence-corrected chi connectivity index (χ1v) is 5.29. The Morgan fingerprint density at radius 3 is 2.56 bits per heavy atom. The standard InChI is InChI=1S/C11H14ClNO3/c1-2-16-11(15)10(14)9(13)7-3-5-8(12)6-4-7/h3-6,9-10,14H,2,13H2,1H3/t9-,10+/m0/s1. The van der Waals surface area contributed by atoms with Gasteiger partial charge in [0.15, 0.2) is 6.10 Å². The largest absolute Gasteiger partial charge is 0.464 e. The molecule has 16 heavy (non-hydrogen) atoms. The van der Waals surface area contributed by atoms with E-state index in [9.17, 15) is 9.90 Å². The van der Waals surface area contributed by atoms with Gasteiger partial charge in [0.2, 0.25) is 0 Å². The predicted molar refractivity (Wildman–Crippen MR) is 61.0 cm³/mol. The number of benzene rings is 1. The molecule has 0 bridgehead atoms. The Kier molecular flexibility index (Phi) is 4.73. The molecular weight excluding hydrogens is 230 g/mol. The maximum absolute atomic E-state index is 11.2. The van der Waals surface area contributed by atoms with Crippen LogP contribution in [0.4, 0.5) is 0 Å². The number of nitrogens with two attached hydrogens (primary N) is 1. The van der Waals surface area contributed by atoms with E-state index in [0.717, 1.165) is 0 Å². The molecule has 0 saturated carbocycles. The third-order valence-corrected chi connectivity index (χ3v) is 2.38. The van der Waals surface area contributed by atoms with Crippen molar-refractivity contribution >= 4 is 17.6 Å². The number of rotatable bonds is 4.